The number of benzene rings is 1. The smallest absolute Gasteiger partial charge is 0.217 e. The minimum atomic E-state index is -0.243. The van der Waals surface area contributed by atoms with Crippen molar-refractivity contribution in [3.8, 4) is 5.75 Å². The Hall–Kier alpha value is -1.71. The zero-order valence-electron chi connectivity index (χ0n) is 13.3. The van der Waals surface area contributed by atoms with Crippen LogP contribution in [-0.4, -0.2) is 26.1 Å². The zero-order valence-corrected chi connectivity index (χ0v) is 13.3. The van der Waals surface area contributed by atoms with E-state index in [1.54, 1.807) is 0 Å². The summed E-state index contributed by atoms with van der Waals surface area (Å²) in [6.45, 7) is 3.79. The van der Waals surface area contributed by atoms with E-state index in [1.807, 2.05) is 31.3 Å². The fraction of sp³-hybridized carbons (Fsp3) is 0.588. The summed E-state index contributed by atoms with van der Waals surface area (Å²) >= 11 is 0. The number of ether oxygens (including phenoxy) is 1. The number of nitrogens with zero attached hydrogens (tertiary/aromatic N) is 1. The van der Waals surface area contributed by atoms with Gasteiger partial charge in [-0.15, -0.1) is 0 Å². The molecular weight excluding hydrogens is 264 g/mol. The van der Waals surface area contributed by atoms with Crippen LogP contribution in [0.2, 0.25) is 0 Å². The van der Waals surface area contributed by atoms with Gasteiger partial charge >= 0.3 is 0 Å². The molecule has 0 aliphatic carbocycles. The highest BCUT2D eigenvalue weighted by atomic mass is 16.5. The lowest BCUT2D eigenvalue weighted by Gasteiger charge is -2.19. The molecule has 1 aromatic carbocycles. The fourth-order valence-corrected chi connectivity index (χ4v) is 2.15. The van der Waals surface area contributed by atoms with E-state index in [9.17, 15) is 4.79 Å². The Morgan fingerprint density at radius 2 is 2.05 bits per heavy atom. The lowest BCUT2D eigenvalue weighted by molar-refractivity contribution is -0.118. The number of rotatable bonds is 11. The summed E-state index contributed by atoms with van der Waals surface area (Å²) in [6, 6.07) is 8.08. The first-order valence-electron chi connectivity index (χ1n) is 7.85. The number of nitrogens with two attached hydrogens (primary N) is 1. The van der Waals surface area contributed by atoms with Crippen LogP contribution in [0.25, 0.3) is 0 Å². The topological polar surface area (TPSA) is 55.6 Å². The molecule has 0 spiro atoms. The van der Waals surface area contributed by atoms with Crippen molar-refractivity contribution in [2.24, 2.45) is 5.73 Å². The summed E-state index contributed by atoms with van der Waals surface area (Å²) in [5.41, 5.74) is 6.26. The van der Waals surface area contributed by atoms with Gasteiger partial charge in [-0.3, -0.25) is 4.79 Å². The highest BCUT2D eigenvalue weighted by Crippen LogP contribution is 2.21. The largest absolute Gasteiger partial charge is 0.494 e. The first kappa shape index (κ1) is 17.3. The Kier molecular flexibility index (Phi) is 8.32. The van der Waals surface area contributed by atoms with Crippen LogP contribution in [0.15, 0.2) is 24.3 Å². The van der Waals surface area contributed by atoms with Gasteiger partial charge in [0.05, 0.1) is 6.61 Å². The van der Waals surface area contributed by atoms with Gasteiger partial charge < -0.3 is 15.4 Å². The van der Waals surface area contributed by atoms with Gasteiger partial charge in [0.15, 0.2) is 0 Å². The molecule has 2 N–H and O–H groups in total. The van der Waals surface area contributed by atoms with Gasteiger partial charge in [0.25, 0.3) is 0 Å². The van der Waals surface area contributed by atoms with Crippen LogP contribution in [-0.2, 0) is 4.79 Å². The van der Waals surface area contributed by atoms with E-state index in [0.29, 0.717) is 6.42 Å². The van der Waals surface area contributed by atoms with Crippen LogP contribution in [0.4, 0.5) is 5.69 Å². The van der Waals surface area contributed by atoms with Crippen molar-refractivity contribution in [3.63, 3.8) is 0 Å². The molecule has 4 nitrogen and oxygen atoms in total. The predicted octanol–water partition coefficient (Wildman–Crippen LogP) is 3.35. The van der Waals surface area contributed by atoms with Gasteiger partial charge in [-0.25, -0.2) is 0 Å². The summed E-state index contributed by atoms with van der Waals surface area (Å²) in [7, 11) is 2.02. The first-order chi connectivity index (χ1) is 10.1. The molecule has 1 amide bonds. The Balaban J connectivity index is 2.38. The summed E-state index contributed by atoms with van der Waals surface area (Å²) in [5.74, 6) is 0.665. The molecule has 0 atom stereocenters. The monoisotopic (exact) mass is 292 g/mol. The number of anilines is 1. The maximum atomic E-state index is 10.7. The van der Waals surface area contributed by atoms with E-state index in [4.69, 9.17) is 10.5 Å². The summed E-state index contributed by atoms with van der Waals surface area (Å²) in [5, 5.41) is 0. The van der Waals surface area contributed by atoms with Crippen molar-refractivity contribution in [2.75, 3.05) is 25.1 Å². The standard InChI is InChI=1S/C17H28N2O2/c1-3-4-5-6-13-21-16-10-7-9-15(14-16)19(2)12-8-11-17(18)20/h7,9-10,14H,3-6,8,11-13H2,1-2H3,(H2,18,20). The number of carbonyl (C=O) groups excluding carboxylic acids is 1. The van der Waals surface area contributed by atoms with E-state index >= 15 is 0 Å². The van der Waals surface area contributed by atoms with Crippen LogP contribution >= 0.6 is 0 Å². The second-order valence-electron chi connectivity index (χ2n) is 5.40. The van der Waals surface area contributed by atoms with Crippen molar-refractivity contribution in [1.29, 1.82) is 0 Å². The van der Waals surface area contributed by atoms with Gasteiger partial charge in [0, 0.05) is 31.8 Å². The number of primary amides is 1. The molecular formula is C17H28N2O2. The number of amides is 1. The van der Waals surface area contributed by atoms with Gasteiger partial charge in [0.2, 0.25) is 5.91 Å². The molecule has 21 heavy (non-hydrogen) atoms. The summed E-state index contributed by atoms with van der Waals surface area (Å²) in [6.07, 6.45) is 6.04. The van der Waals surface area contributed by atoms with Crippen LogP contribution in [0, 0.1) is 0 Å². The minimum absolute atomic E-state index is 0.243. The molecule has 0 saturated heterocycles. The Bertz CT molecular complexity index is 421. The third kappa shape index (κ3) is 7.59. The van der Waals surface area contributed by atoms with Crippen molar-refractivity contribution in [3.05, 3.63) is 24.3 Å². The van der Waals surface area contributed by atoms with Crippen molar-refractivity contribution >= 4 is 11.6 Å². The van der Waals surface area contributed by atoms with Crippen LogP contribution in [0.3, 0.4) is 0 Å². The quantitative estimate of drug-likeness (QED) is 0.636. The molecule has 118 valence electrons. The van der Waals surface area contributed by atoms with Gasteiger partial charge in [-0.2, -0.15) is 0 Å². The molecule has 0 aliphatic rings. The highest BCUT2D eigenvalue weighted by molar-refractivity contribution is 5.73. The van der Waals surface area contributed by atoms with Gasteiger partial charge in [-0.1, -0.05) is 32.3 Å². The number of unbranched alkanes of at least 4 members (excludes halogenated alkanes) is 3. The predicted molar refractivity (Wildman–Crippen MR) is 87.8 cm³/mol. The van der Waals surface area contributed by atoms with Crippen molar-refractivity contribution in [1.82, 2.24) is 0 Å². The van der Waals surface area contributed by atoms with Crippen LogP contribution in [0.5, 0.6) is 5.75 Å². The van der Waals surface area contributed by atoms with Crippen molar-refractivity contribution < 1.29 is 9.53 Å². The second-order valence-corrected chi connectivity index (χ2v) is 5.40. The number of hydrogen-bond donors (Lipinski definition) is 1. The lowest BCUT2D eigenvalue weighted by Crippen LogP contribution is -2.20. The Morgan fingerprint density at radius 3 is 2.76 bits per heavy atom. The fourth-order valence-electron chi connectivity index (χ4n) is 2.15. The van der Waals surface area contributed by atoms with E-state index in [0.717, 1.165) is 37.4 Å². The normalized spacial score (nSPS) is 10.4. The molecule has 0 aromatic heterocycles. The van der Waals surface area contributed by atoms with Crippen LogP contribution in [0.1, 0.15) is 45.4 Å². The van der Waals surface area contributed by atoms with Crippen LogP contribution < -0.4 is 15.4 Å². The molecule has 0 unspecified atom stereocenters. The maximum absolute atomic E-state index is 10.7. The minimum Gasteiger partial charge on any atom is -0.494 e. The molecule has 0 bridgehead atoms. The average molecular weight is 292 g/mol. The third-order valence-electron chi connectivity index (χ3n) is 3.44. The Morgan fingerprint density at radius 1 is 1.24 bits per heavy atom. The zero-order chi connectivity index (χ0) is 15.5. The molecule has 0 saturated carbocycles. The molecule has 0 heterocycles. The van der Waals surface area contributed by atoms with E-state index < -0.39 is 0 Å². The molecule has 0 radical (unpaired) electrons. The average Bonchev–Trinajstić information content (AvgIpc) is 2.47. The molecule has 1 aromatic rings. The van der Waals surface area contributed by atoms with Crippen molar-refractivity contribution in [2.45, 2.75) is 45.4 Å². The molecule has 0 aliphatic heterocycles. The summed E-state index contributed by atoms with van der Waals surface area (Å²) in [4.78, 5) is 12.9. The maximum Gasteiger partial charge on any atom is 0.217 e. The lowest BCUT2D eigenvalue weighted by atomic mass is 10.2. The highest BCUT2D eigenvalue weighted by Gasteiger charge is 2.04. The van der Waals surface area contributed by atoms with E-state index in [1.165, 1.54) is 19.3 Å². The molecule has 1 rings (SSSR count). The van der Waals surface area contributed by atoms with E-state index in [2.05, 4.69) is 11.8 Å². The molecule has 4 heteroatoms. The SMILES string of the molecule is CCCCCCOc1cccc(N(C)CCCC(N)=O)c1. The number of hydrogen-bond acceptors (Lipinski definition) is 3. The molecule has 0 fully saturated rings. The first-order valence-corrected chi connectivity index (χ1v) is 7.85. The summed E-state index contributed by atoms with van der Waals surface area (Å²) < 4.78 is 5.79. The van der Waals surface area contributed by atoms with Gasteiger partial charge in [-0.05, 0) is 25.0 Å². The second kappa shape index (κ2) is 10.1. The number of carbonyl (C=O) groups is 1. The Labute approximate surface area is 128 Å². The third-order valence-corrected chi connectivity index (χ3v) is 3.44. The van der Waals surface area contributed by atoms with E-state index in [-0.39, 0.29) is 5.91 Å². The van der Waals surface area contributed by atoms with Gasteiger partial charge in [0.1, 0.15) is 5.75 Å².